The molecule has 1 aromatic carbocycles. The van der Waals surface area contributed by atoms with Gasteiger partial charge in [0.25, 0.3) is 0 Å². The highest BCUT2D eigenvalue weighted by Gasteiger charge is 2.29. The van der Waals surface area contributed by atoms with Crippen molar-refractivity contribution in [2.75, 3.05) is 11.4 Å². The van der Waals surface area contributed by atoms with Crippen molar-refractivity contribution in [1.82, 2.24) is 0 Å². The zero-order chi connectivity index (χ0) is 12.6. The van der Waals surface area contributed by atoms with Gasteiger partial charge in [-0.2, -0.15) is 0 Å². The van der Waals surface area contributed by atoms with E-state index < -0.39 is 0 Å². The SMILES string of the molecule is C#CC1CC(=O)N(c2cc(Cl)c(Br)c(Cl)c2)C1. The minimum atomic E-state index is -0.0382. The number of terminal acetylenes is 1. The number of anilines is 1. The molecule has 1 heterocycles. The van der Waals surface area contributed by atoms with Crippen molar-refractivity contribution < 1.29 is 4.79 Å². The zero-order valence-electron chi connectivity index (χ0n) is 8.71. The summed E-state index contributed by atoms with van der Waals surface area (Å²) in [5.41, 5.74) is 0.686. The highest BCUT2D eigenvalue weighted by Crippen LogP contribution is 2.36. The molecule has 88 valence electrons. The van der Waals surface area contributed by atoms with E-state index >= 15 is 0 Å². The van der Waals surface area contributed by atoms with Crippen molar-refractivity contribution in [3.8, 4) is 12.3 Å². The molecular weight excluding hydrogens is 325 g/mol. The minimum absolute atomic E-state index is 0.00223. The molecule has 1 aliphatic heterocycles. The number of nitrogens with zero attached hydrogens (tertiary/aromatic N) is 1. The number of benzene rings is 1. The fourth-order valence-corrected chi connectivity index (χ4v) is 2.47. The van der Waals surface area contributed by atoms with E-state index in [0.29, 0.717) is 33.2 Å². The van der Waals surface area contributed by atoms with Gasteiger partial charge in [-0.15, -0.1) is 12.3 Å². The van der Waals surface area contributed by atoms with Crippen LogP contribution in [0.3, 0.4) is 0 Å². The first-order valence-corrected chi connectivity index (χ1v) is 6.49. The monoisotopic (exact) mass is 331 g/mol. The molecule has 1 amide bonds. The molecule has 0 N–H and O–H groups in total. The van der Waals surface area contributed by atoms with Gasteiger partial charge in [-0.1, -0.05) is 23.2 Å². The van der Waals surface area contributed by atoms with Gasteiger partial charge in [0.15, 0.2) is 0 Å². The molecule has 0 spiro atoms. The maximum Gasteiger partial charge on any atom is 0.228 e. The van der Waals surface area contributed by atoms with E-state index in [1.165, 1.54) is 0 Å². The van der Waals surface area contributed by atoms with E-state index in [0.717, 1.165) is 0 Å². The third-order valence-electron chi connectivity index (χ3n) is 2.64. The first-order chi connectivity index (χ1) is 8.02. The van der Waals surface area contributed by atoms with E-state index in [-0.39, 0.29) is 11.8 Å². The number of halogens is 3. The lowest BCUT2D eigenvalue weighted by molar-refractivity contribution is -0.117. The average Bonchev–Trinajstić information content (AvgIpc) is 2.67. The minimum Gasteiger partial charge on any atom is -0.311 e. The molecule has 0 aromatic heterocycles. The number of carbonyl (C=O) groups is 1. The van der Waals surface area contributed by atoms with Gasteiger partial charge >= 0.3 is 0 Å². The molecule has 0 radical (unpaired) electrons. The Hall–Kier alpha value is -0.690. The molecule has 0 aliphatic carbocycles. The number of hydrogen-bond acceptors (Lipinski definition) is 1. The van der Waals surface area contributed by atoms with Crippen LogP contribution in [0.15, 0.2) is 16.6 Å². The zero-order valence-corrected chi connectivity index (χ0v) is 11.8. The number of carbonyl (C=O) groups excluding carboxylic acids is 1. The van der Waals surface area contributed by atoms with Crippen LogP contribution in [0.1, 0.15) is 6.42 Å². The first-order valence-electron chi connectivity index (χ1n) is 4.94. The van der Waals surface area contributed by atoms with Crippen molar-refractivity contribution in [1.29, 1.82) is 0 Å². The number of rotatable bonds is 1. The third kappa shape index (κ3) is 2.44. The van der Waals surface area contributed by atoms with E-state index in [9.17, 15) is 4.79 Å². The summed E-state index contributed by atoms with van der Waals surface area (Å²) in [6.45, 7) is 0.517. The first kappa shape index (κ1) is 12.8. The lowest BCUT2D eigenvalue weighted by atomic mass is 10.1. The molecule has 0 saturated carbocycles. The summed E-state index contributed by atoms with van der Waals surface area (Å²) in [6, 6.07) is 3.41. The summed E-state index contributed by atoms with van der Waals surface area (Å²) in [6.07, 6.45) is 5.71. The van der Waals surface area contributed by atoms with E-state index in [1.807, 2.05) is 0 Å². The second-order valence-corrected chi connectivity index (χ2v) is 5.40. The van der Waals surface area contributed by atoms with Crippen LogP contribution in [0.5, 0.6) is 0 Å². The molecule has 1 aliphatic rings. The van der Waals surface area contributed by atoms with Gasteiger partial charge < -0.3 is 4.90 Å². The topological polar surface area (TPSA) is 20.3 Å². The Morgan fingerprint density at radius 1 is 1.41 bits per heavy atom. The number of amides is 1. The predicted molar refractivity (Wildman–Crippen MR) is 73.5 cm³/mol. The van der Waals surface area contributed by atoms with Crippen LogP contribution >= 0.6 is 39.1 Å². The van der Waals surface area contributed by atoms with E-state index in [2.05, 4.69) is 21.9 Å². The summed E-state index contributed by atoms with van der Waals surface area (Å²) >= 11 is 15.3. The molecule has 1 unspecified atom stereocenters. The standard InChI is InChI=1S/C12H8BrCl2NO/c1-2-7-3-11(17)16(6-7)8-4-9(14)12(13)10(15)5-8/h1,4-5,7H,3,6H2. The summed E-state index contributed by atoms with van der Waals surface area (Å²) in [7, 11) is 0. The number of hydrogen-bond donors (Lipinski definition) is 0. The second kappa shape index (κ2) is 4.89. The fourth-order valence-electron chi connectivity index (χ4n) is 1.77. The summed E-state index contributed by atoms with van der Waals surface area (Å²) < 4.78 is 0.629. The molecule has 17 heavy (non-hydrogen) atoms. The van der Waals surface area contributed by atoms with Crippen molar-refractivity contribution in [3.05, 3.63) is 26.7 Å². The molecule has 2 nitrogen and oxygen atoms in total. The quantitative estimate of drug-likeness (QED) is 0.566. The normalized spacial score (nSPS) is 19.5. The van der Waals surface area contributed by atoms with Crippen LogP contribution in [0, 0.1) is 18.3 Å². The molecular formula is C12H8BrCl2NO. The smallest absolute Gasteiger partial charge is 0.228 e. The summed E-state index contributed by atoms with van der Waals surface area (Å²) in [4.78, 5) is 13.4. The average molecular weight is 333 g/mol. The molecule has 1 fully saturated rings. The third-order valence-corrected chi connectivity index (χ3v) is 4.55. The van der Waals surface area contributed by atoms with Gasteiger partial charge in [-0.05, 0) is 28.1 Å². The van der Waals surface area contributed by atoms with Gasteiger partial charge in [0, 0.05) is 24.6 Å². The van der Waals surface area contributed by atoms with Crippen molar-refractivity contribution in [3.63, 3.8) is 0 Å². The maximum absolute atomic E-state index is 11.8. The van der Waals surface area contributed by atoms with Crippen LogP contribution in [0.25, 0.3) is 0 Å². The Morgan fingerprint density at radius 2 is 2.00 bits per heavy atom. The largest absolute Gasteiger partial charge is 0.311 e. The summed E-state index contributed by atoms with van der Waals surface area (Å²) in [5, 5.41) is 0.953. The van der Waals surface area contributed by atoms with Crippen molar-refractivity contribution in [2.45, 2.75) is 6.42 Å². The van der Waals surface area contributed by atoms with Gasteiger partial charge in [0.2, 0.25) is 5.91 Å². The summed E-state index contributed by atoms with van der Waals surface area (Å²) in [5.74, 6) is 2.56. The Balaban J connectivity index is 2.36. The van der Waals surface area contributed by atoms with Gasteiger partial charge in [-0.25, -0.2) is 0 Å². The van der Waals surface area contributed by atoms with Crippen molar-refractivity contribution >= 4 is 50.7 Å². The van der Waals surface area contributed by atoms with Crippen LogP contribution in [0.4, 0.5) is 5.69 Å². The highest BCUT2D eigenvalue weighted by atomic mass is 79.9. The maximum atomic E-state index is 11.8. The van der Waals surface area contributed by atoms with E-state index in [4.69, 9.17) is 29.6 Å². The Morgan fingerprint density at radius 3 is 2.47 bits per heavy atom. The fraction of sp³-hybridized carbons (Fsp3) is 0.250. The molecule has 5 heteroatoms. The van der Waals surface area contributed by atoms with Crippen LogP contribution < -0.4 is 4.90 Å². The molecule has 1 aromatic rings. The Labute approximate surface area is 118 Å². The lowest BCUT2D eigenvalue weighted by Crippen LogP contribution is -2.24. The molecule has 1 atom stereocenters. The Bertz CT molecular complexity index is 501. The van der Waals surface area contributed by atoms with Crippen molar-refractivity contribution in [2.24, 2.45) is 5.92 Å². The predicted octanol–water partition coefficient (Wildman–Crippen LogP) is 3.74. The molecule has 1 saturated heterocycles. The second-order valence-electron chi connectivity index (χ2n) is 3.80. The highest BCUT2D eigenvalue weighted by molar-refractivity contribution is 9.10. The van der Waals surface area contributed by atoms with Gasteiger partial charge in [0.05, 0.1) is 14.5 Å². The van der Waals surface area contributed by atoms with Gasteiger partial charge in [0.1, 0.15) is 0 Å². The van der Waals surface area contributed by atoms with Gasteiger partial charge in [-0.3, -0.25) is 4.79 Å². The van der Waals surface area contributed by atoms with Crippen LogP contribution in [0.2, 0.25) is 10.0 Å². The van der Waals surface area contributed by atoms with Crippen LogP contribution in [-0.4, -0.2) is 12.5 Å². The molecule has 2 rings (SSSR count). The Kier molecular flexibility index (Phi) is 3.67. The van der Waals surface area contributed by atoms with E-state index in [1.54, 1.807) is 17.0 Å². The molecule has 0 bridgehead atoms. The lowest BCUT2D eigenvalue weighted by Gasteiger charge is -2.17. The van der Waals surface area contributed by atoms with Crippen LogP contribution in [-0.2, 0) is 4.79 Å².